The van der Waals surface area contributed by atoms with Crippen molar-refractivity contribution in [3.8, 4) is 0 Å². The van der Waals surface area contributed by atoms with Crippen molar-refractivity contribution in [3.05, 3.63) is 35.4 Å². The van der Waals surface area contributed by atoms with Crippen LogP contribution in [0.5, 0.6) is 0 Å². The van der Waals surface area contributed by atoms with Crippen molar-refractivity contribution < 1.29 is 9.90 Å². The topological polar surface area (TPSA) is 63.3 Å². The third kappa shape index (κ3) is 2.02. The zero-order valence-corrected chi connectivity index (χ0v) is 8.52. The van der Waals surface area contributed by atoms with Crippen LogP contribution in [0.4, 0.5) is 0 Å². The number of aromatic carboxylic acids is 1. The zero-order valence-electron chi connectivity index (χ0n) is 8.52. The molecule has 1 aliphatic rings. The summed E-state index contributed by atoms with van der Waals surface area (Å²) < 4.78 is 0. The smallest absolute Gasteiger partial charge is 0.335 e. The Morgan fingerprint density at radius 3 is 2.33 bits per heavy atom. The maximum Gasteiger partial charge on any atom is 0.335 e. The Bertz CT molecular complexity index is 354. The normalized spacial score (nSPS) is 18.2. The predicted molar refractivity (Wildman–Crippen MR) is 57.7 cm³/mol. The molecule has 0 bridgehead atoms. The van der Waals surface area contributed by atoms with E-state index in [1.54, 1.807) is 12.1 Å². The lowest BCUT2D eigenvalue weighted by Crippen LogP contribution is -2.26. The molecule has 1 unspecified atom stereocenters. The van der Waals surface area contributed by atoms with Crippen molar-refractivity contribution in [1.29, 1.82) is 0 Å². The molecule has 2 rings (SSSR count). The van der Waals surface area contributed by atoms with Gasteiger partial charge >= 0.3 is 5.97 Å². The van der Waals surface area contributed by atoms with Crippen LogP contribution in [0.15, 0.2) is 24.3 Å². The lowest BCUT2D eigenvalue weighted by atomic mass is 9.77. The minimum Gasteiger partial charge on any atom is -0.478 e. The summed E-state index contributed by atoms with van der Waals surface area (Å²) in [4.78, 5) is 10.7. The number of hydrogen-bond acceptors (Lipinski definition) is 2. The largest absolute Gasteiger partial charge is 0.478 e. The molecule has 0 saturated heterocycles. The van der Waals surface area contributed by atoms with Crippen molar-refractivity contribution in [2.75, 3.05) is 0 Å². The average Bonchev–Trinajstić information content (AvgIpc) is 2.15. The molecular formula is C12H15NO2. The van der Waals surface area contributed by atoms with Crippen LogP contribution in [0.3, 0.4) is 0 Å². The maximum absolute atomic E-state index is 10.7. The maximum atomic E-state index is 10.7. The molecule has 1 aromatic rings. The molecule has 1 atom stereocenters. The van der Waals surface area contributed by atoms with Gasteiger partial charge in [-0.05, 0) is 36.5 Å². The van der Waals surface area contributed by atoms with E-state index in [9.17, 15) is 4.79 Å². The lowest BCUT2D eigenvalue weighted by molar-refractivity contribution is 0.0697. The Hall–Kier alpha value is -1.35. The van der Waals surface area contributed by atoms with Crippen LogP contribution in [0.1, 0.15) is 41.2 Å². The number of benzene rings is 1. The Morgan fingerprint density at radius 2 is 1.93 bits per heavy atom. The monoisotopic (exact) mass is 205 g/mol. The summed E-state index contributed by atoms with van der Waals surface area (Å²) in [6.07, 6.45) is 3.66. The van der Waals surface area contributed by atoms with Gasteiger partial charge in [0.15, 0.2) is 0 Å². The van der Waals surface area contributed by atoms with Gasteiger partial charge < -0.3 is 10.8 Å². The fourth-order valence-corrected chi connectivity index (χ4v) is 1.92. The van der Waals surface area contributed by atoms with Gasteiger partial charge in [0.1, 0.15) is 0 Å². The molecule has 0 aliphatic heterocycles. The minimum atomic E-state index is -0.890. The van der Waals surface area contributed by atoms with E-state index in [0.29, 0.717) is 11.5 Å². The summed E-state index contributed by atoms with van der Waals surface area (Å²) in [5.74, 6) is -0.306. The number of hydrogen-bond donors (Lipinski definition) is 2. The van der Waals surface area contributed by atoms with E-state index in [1.165, 1.54) is 19.3 Å². The summed E-state index contributed by atoms with van der Waals surface area (Å²) in [5.41, 5.74) is 7.44. The molecule has 1 aromatic carbocycles. The second-order valence-corrected chi connectivity index (χ2v) is 4.14. The van der Waals surface area contributed by atoms with Crippen LogP contribution in [0.2, 0.25) is 0 Å². The molecule has 0 spiro atoms. The van der Waals surface area contributed by atoms with E-state index in [2.05, 4.69) is 0 Å². The number of nitrogens with two attached hydrogens (primary N) is 1. The highest BCUT2D eigenvalue weighted by Gasteiger charge is 2.25. The van der Waals surface area contributed by atoms with Crippen LogP contribution in [0, 0.1) is 5.92 Å². The van der Waals surface area contributed by atoms with Crippen molar-refractivity contribution in [2.45, 2.75) is 25.3 Å². The van der Waals surface area contributed by atoms with Crippen LogP contribution >= 0.6 is 0 Å². The molecular weight excluding hydrogens is 190 g/mol. The standard InChI is InChI=1S/C12H15NO2/c13-11(8-2-1-3-8)9-4-6-10(7-5-9)12(14)15/h4-8,11H,1-3,13H2,(H,14,15). The molecule has 3 heteroatoms. The number of carbonyl (C=O) groups is 1. The summed E-state index contributed by atoms with van der Waals surface area (Å²) in [6.45, 7) is 0. The van der Waals surface area contributed by atoms with Crippen LogP contribution in [0.25, 0.3) is 0 Å². The average molecular weight is 205 g/mol. The molecule has 1 saturated carbocycles. The number of carboxylic acids is 1. The first-order chi connectivity index (χ1) is 7.18. The first-order valence-electron chi connectivity index (χ1n) is 5.27. The minimum absolute atomic E-state index is 0.0709. The van der Waals surface area contributed by atoms with E-state index in [4.69, 9.17) is 10.8 Å². The van der Waals surface area contributed by atoms with Gasteiger partial charge in [-0.3, -0.25) is 0 Å². The molecule has 3 nitrogen and oxygen atoms in total. The second kappa shape index (κ2) is 4.03. The Morgan fingerprint density at radius 1 is 1.33 bits per heavy atom. The third-order valence-corrected chi connectivity index (χ3v) is 3.20. The van der Waals surface area contributed by atoms with Gasteiger partial charge in [-0.15, -0.1) is 0 Å². The highest BCUT2D eigenvalue weighted by atomic mass is 16.4. The lowest BCUT2D eigenvalue weighted by Gasteiger charge is -2.31. The first kappa shape index (κ1) is 10.2. The second-order valence-electron chi connectivity index (χ2n) is 4.14. The molecule has 80 valence electrons. The fraction of sp³-hybridized carbons (Fsp3) is 0.417. The van der Waals surface area contributed by atoms with E-state index < -0.39 is 5.97 Å². The van der Waals surface area contributed by atoms with Crippen molar-refractivity contribution in [3.63, 3.8) is 0 Å². The van der Waals surface area contributed by atoms with Gasteiger partial charge in [0, 0.05) is 6.04 Å². The van der Waals surface area contributed by atoms with Gasteiger partial charge in [0.05, 0.1) is 5.56 Å². The van der Waals surface area contributed by atoms with Crippen LogP contribution in [-0.2, 0) is 0 Å². The van der Waals surface area contributed by atoms with Gasteiger partial charge in [0.2, 0.25) is 0 Å². The van der Waals surface area contributed by atoms with Crippen molar-refractivity contribution >= 4 is 5.97 Å². The molecule has 1 aliphatic carbocycles. The van der Waals surface area contributed by atoms with E-state index in [0.717, 1.165) is 5.56 Å². The van der Waals surface area contributed by atoms with E-state index in [-0.39, 0.29) is 6.04 Å². The first-order valence-corrected chi connectivity index (χ1v) is 5.27. The van der Waals surface area contributed by atoms with Crippen LogP contribution < -0.4 is 5.73 Å². The predicted octanol–water partition coefficient (Wildman–Crippen LogP) is 2.18. The van der Waals surface area contributed by atoms with E-state index >= 15 is 0 Å². The Kier molecular flexibility index (Phi) is 2.73. The van der Waals surface area contributed by atoms with Crippen LogP contribution in [-0.4, -0.2) is 11.1 Å². The van der Waals surface area contributed by atoms with Gasteiger partial charge in [0.25, 0.3) is 0 Å². The molecule has 0 radical (unpaired) electrons. The molecule has 0 amide bonds. The molecule has 15 heavy (non-hydrogen) atoms. The highest BCUT2D eigenvalue weighted by Crippen LogP contribution is 2.35. The Balaban J connectivity index is 2.11. The van der Waals surface area contributed by atoms with Crippen molar-refractivity contribution in [1.82, 2.24) is 0 Å². The highest BCUT2D eigenvalue weighted by molar-refractivity contribution is 5.87. The molecule has 0 heterocycles. The summed E-state index contributed by atoms with van der Waals surface area (Å²) in [7, 11) is 0. The van der Waals surface area contributed by atoms with Crippen molar-refractivity contribution in [2.24, 2.45) is 11.7 Å². The summed E-state index contributed by atoms with van der Waals surface area (Å²) in [6, 6.07) is 6.97. The van der Waals surface area contributed by atoms with Gasteiger partial charge in [-0.1, -0.05) is 18.6 Å². The SMILES string of the molecule is NC(c1ccc(C(=O)O)cc1)C1CCC1. The molecule has 1 fully saturated rings. The fourth-order valence-electron chi connectivity index (χ4n) is 1.92. The quantitative estimate of drug-likeness (QED) is 0.795. The molecule has 3 N–H and O–H groups in total. The summed E-state index contributed by atoms with van der Waals surface area (Å²) in [5, 5.41) is 8.75. The van der Waals surface area contributed by atoms with E-state index in [1.807, 2.05) is 12.1 Å². The Labute approximate surface area is 88.9 Å². The molecule has 0 aromatic heterocycles. The third-order valence-electron chi connectivity index (χ3n) is 3.20. The van der Waals surface area contributed by atoms with Gasteiger partial charge in [-0.2, -0.15) is 0 Å². The number of carboxylic acid groups (broad SMARTS) is 1. The van der Waals surface area contributed by atoms with Gasteiger partial charge in [-0.25, -0.2) is 4.79 Å². The zero-order chi connectivity index (χ0) is 10.8. The number of rotatable bonds is 3. The summed E-state index contributed by atoms with van der Waals surface area (Å²) >= 11 is 0.